The molecule has 3 aromatic rings. The number of carboxylic acid groups (broad SMARTS) is 1. The molecule has 0 aliphatic carbocycles. The average Bonchev–Trinajstić information content (AvgIpc) is 3.38. The van der Waals surface area contributed by atoms with Gasteiger partial charge in [-0.3, -0.25) is 9.69 Å². The predicted molar refractivity (Wildman–Crippen MR) is 158 cm³/mol. The van der Waals surface area contributed by atoms with Crippen LogP contribution in [0.5, 0.6) is 0 Å². The second-order valence-electron chi connectivity index (χ2n) is 10.1. The number of rotatable bonds is 13. The van der Waals surface area contributed by atoms with Crippen LogP contribution in [-0.2, 0) is 22.7 Å². The van der Waals surface area contributed by atoms with Crippen molar-refractivity contribution < 1.29 is 19.4 Å². The molecular formula is C32H38N2O4S. The van der Waals surface area contributed by atoms with E-state index < -0.39 is 12.0 Å². The number of nitrogens with zero attached hydrogens (tertiary/aromatic N) is 1. The average molecular weight is 547 g/mol. The number of likely N-dealkylation sites (tertiary alicyclic amines) is 1. The van der Waals surface area contributed by atoms with Crippen LogP contribution >= 0.6 is 11.8 Å². The van der Waals surface area contributed by atoms with E-state index in [1.807, 2.05) is 67.8 Å². The van der Waals surface area contributed by atoms with Gasteiger partial charge < -0.3 is 15.2 Å². The fourth-order valence-corrected chi connectivity index (χ4v) is 5.60. The molecule has 0 unspecified atom stereocenters. The van der Waals surface area contributed by atoms with E-state index in [0.717, 1.165) is 48.2 Å². The molecule has 1 fully saturated rings. The molecule has 0 spiro atoms. The summed E-state index contributed by atoms with van der Waals surface area (Å²) in [6, 6.07) is 23.6. The highest BCUT2D eigenvalue weighted by Crippen LogP contribution is 2.30. The van der Waals surface area contributed by atoms with Gasteiger partial charge in [0.2, 0.25) is 0 Å². The van der Waals surface area contributed by atoms with E-state index in [9.17, 15) is 14.7 Å². The van der Waals surface area contributed by atoms with Gasteiger partial charge in [0.25, 0.3) is 5.91 Å². The highest BCUT2D eigenvalue weighted by atomic mass is 32.2. The molecule has 6 nitrogen and oxygen atoms in total. The van der Waals surface area contributed by atoms with Crippen LogP contribution in [0, 0.1) is 6.92 Å². The van der Waals surface area contributed by atoms with Gasteiger partial charge in [0.05, 0.1) is 13.2 Å². The summed E-state index contributed by atoms with van der Waals surface area (Å²) in [5.41, 5.74) is 5.66. The largest absolute Gasteiger partial charge is 0.480 e. The standard InChI is InChI=1S/C32H38N2O4S/c1-23-9-6-7-13-27(23)29-19-25(14-15-28(29)31(35)33-30(32(36)37)16-18-39-2)20-34-17-8-12-26(34)22-38-21-24-10-4-3-5-11-24/h3-7,9-11,13-15,19,26,30H,8,12,16-18,20-22H2,1-2H3,(H,33,35)(H,36,37)/t26-,30-/m0/s1. The minimum absolute atomic E-state index is 0.353. The van der Waals surface area contributed by atoms with Crippen LogP contribution in [0.3, 0.4) is 0 Å². The van der Waals surface area contributed by atoms with Gasteiger partial charge in [-0.25, -0.2) is 4.79 Å². The third kappa shape index (κ3) is 7.94. The lowest BCUT2D eigenvalue weighted by Gasteiger charge is -2.25. The lowest BCUT2D eigenvalue weighted by Crippen LogP contribution is -2.41. The minimum atomic E-state index is -1.01. The third-order valence-electron chi connectivity index (χ3n) is 7.28. The normalized spacial score (nSPS) is 16.2. The van der Waals surface area contributed by atoms with Gasteiger partial charge in [-0.2, -0.15) is 11.8 Å². The molecule has 206 valence electrons. The Balaban J connectivity index is 1.52. The number of hydrogen-bond donors (Lipinski definition) is 2. The zero-order valence-corrected chi connectivity index (χ0v) is 23.6. The molecule has 3 aromatic carbocycles. The molecule has 0 aromatic heterocycles. The number of aliphatic carboxylic acids is 1. The number of carboxylic acids is 1. The van der Waals surface area contributed by atoms with Gasteiger partial charge in [0, 0.05) is 18.2 Å². The zero-order chi connectivity index (χ0) is 27.6. The maximum Gasteiger partial charge on any atom is 0.326 e. The molecule has 1 aliphatic heterocycles. The number of benzene rings is 3. The molecule has 1 aliphatic rings. The van der Waals surface area contributed by atoms with Crippen LogP contribution in [0.15, 0.2) is 72.8 Å². The maximum atomic E-state index is 13.4. The zero-order valence-electron chi connectivity index (χ0n) is 22.8. The SMILES string of the molecule is CSCC[C@H](NC(=O)c1ccc(CN2CCC[C@H]2COCc2ccccc2)cc1-c1ccccc1C)C(=O)O. The van der Waals surface area contributed by atoms with E-state index in [1.54, 1.807) is 11.8 Å². The summed E-state index contributed by atoms with van der Waals surface area (Å²) in [7, 11) is 0. The summed E-state index contributed by atoms with van der Waals surface area (Å²) in [6.07, 6.45) is 4.54. The summed E-state index contributed by atoms with van der Waals surface area (Å²) >= 11 is 1.56. The molecule has 1 amide bonds. The first-order valence-corrected chi connectivity index (χ1v) is 14.9. The van der Waals surface area contributed by atoms with Crippen LogP contribution in [0.2, 0.25) is 0 Å². The van der Waals surface area contributed by atoms with E-state index in [0.29, 0.717) is 37.0 Å². The van der Waals surface area contributed by atoms with Crippen LogP contribution in [0.4, 0.5) is 0 Å². The first-order valence-electron chi connectivity index (χ1n) is 13.5. The van der Waals surface area contributed by atoms with Gasteiger partial charge in [0.1, 0.15) is 6.04 Å². The van der Waals surface area contributed by atoms with Gasteiger partial charge in [0.15, 0.2) is 0 Å². The molecule has 39 heavy (non-hydrogen) atoms. The van der Waals surface area contributed by atoms with Crippen LogP contribution in [0.25, 0.3) is 11.1 Å². The van der Waals surface area contributed by atoms with Crippen LogP contribution in [0.1, 0.15) is 46.3 Å². The molecular weight excluding hydrogens is 508 g/mol. The Hall–Kier alpha value is -3.13. The molecule has 0 bridgehead atoms. The predicted octanol–water partition coefficient (Wildman–Crippen LogP) is 5.78. The topological polar surface area (TPSA) is 78.9 Å². The summed E-state index contributed by atoms with van der Waals surface area (Å²) in [5, 5.41) is 12.4. The molecule has 0 saturated carbocycles. The summed E-state index contributed by atoms with van der Waals surface area (Å²) in [5.74, 6) is -0.713. The molecule has 2 N–H and O–H groups in total. The Morgan fingerprint density at radius 2 is 1.82 bits per heavy atom. The van der Waals surface area contributed by atoms with Crippen molar-refractivity contribution in [3.63, 3.8) is 0 Å². The molecule has 7 heteroatoms. The fraction of sp³-hybridized carbons (Fsp3) is 0.375. The number of hydrogen-bond acceptors (Lipinski definition) is 5. The summed E-state index contributed by atoms with van der Waals surface area (Å²) in [6.45, 7) is 5.11. The Kier molecular flexibility index (Phi) is 10.6. The van der Waals surface area contributed by atoms with Crippen molar-refractivity contribution in [2.24, 2.45) is 0 Å². The third-order valence-corrected chi connectivity index (χ3v) is 7.93. The number of carbonyl (C=O) groups excluding carboxylic acids is 1. The molecule has 1 heterocycles. The van der Waals surface area contributed by atoms with Crippen molar-refractivity contribution in [1.82, 2.24) is 10.2 Å². The number of carbonyl (C=O) groups is 2. The number of nitrogens with one attached hydrogen (secondary N) is 1. The molecule has 0 radical (unpaired) electrons. The van der Waals surface area contributed by atoms with Gasteiger partial charge in [-0.05, 0) is 84.7 Å². The lowest BCUT2D eigenvalue weighted by molar-refractivity contribution is -0.139. The second kappa shape index (κ2) is 14.3. The van der Waals surface area contributed by atoms with E-state index in [-0.39, 0.29) is 5.91 Å². The van der Waals surface area contributed by atoms with Crippen molar-refractivity contribution in [1.29, 1.82) is 0 Å². The number of ether oxygens (including phenoxy) is 1. The van der Waals surface area contributed by atoms with Crippen molar-refractivity contribution in [2.75, 3.05) is 25.2 Å². The van der Waals surface area contributed by atoms with Gasteiger partial charge >= 0.3 is 5.97 Å². The smallest absolute Gasteiger partial charge is 0.326 e. The monoisotopic (exact) mass is 546 g/mol. The van der Waals surface area contributed by atoms with E-state index in [2.05, 4.69) is 28.4 Å². The number of aryl methyl sites for hydroxylation is 1. The summed E-state index contributed by atoms with van der Waals surface area (Å²) < 4.78 is 6.07. The highest BCUT2D eigenvalue weighted by Gasteiger charge is 2.26. The first kappa shape index (κ1) is 28.9. The van der Waals surface area contributed by atoms with Gasteiger partial charge in [-0.15, -0.1) is 0 Å². The molecule has 1 saturated heterocycles. The Labute approximate surface area is 235 Å². The van der Waals surface area contributed by atoms with Gasteiger partial charge in [-0.1, -0.05) is 60.7 Å². The summed E-state index contributed by atoms with van der Waals surface area (Å²) in [4.78, 5) is 27.6. The number of thioether (sulfide) groups is 1. The van der Waals surface area contributed by atoms with Crippen molar-refractivity contribution >= 4 is 23.6 Å². The van der Waals surface area contributed by atoms with Crippen LogP contribution < -0.4 is 5.32 Å². The van der Waals surface area contributed by atoms with Crippen molar-refractivity contribution in [3.05, 3.63) is 95.1 Å². The first-order chi connectivity index (χ1) is 19.0. The van der Waals surface area contributed by atoms with Crippen molar-refractivity contribution in [2.45, 2.75) is 51.4 Å². The van der Waals surface area contributed by atoms with E-state index in [1.165, 1.54) is 5.56 Å². The Bertz CT molecular complexity index is 1250. The quantitative estimate of drug-likeness (QED) is 0.283. The lowest BCUT2D eigenvalue weighted by atomic mass is 9.93. The minimum Gasteiger partial charge on any atom is -0.480 e. The van der Waals surface area contributed by atoms with Crippen molar-refractivity contribution in [3.8, 4) is 11.1 Å². The van der Waals surface area contributed by atoms with E-state index >= 15 is 0 Å². The maximum absolute atomic E-state index is 13.4. The Morgan fingerprint density at radius 1 is 1.05 bits per heavy atom. The molecule has 4 rings (SSSR count). The fourth-order valence-electron chi connectivity index (χ4n) is 5.13. The number of amides is 1. The second-order valence-corrected chi connectivity index (χ2v) is 11.1. The molecule has 2 atom stereocenters. The highest BCUT2D eigenvalue weighted by molar-refractivity contribution is 7.98. The Morgan fingerprint density at radius 3 is 2.56 bits per heavy atom. The van der Waals surface area contributed by atoms with Crippen LogP contribution in [-0.4, -0.2) is 59.1 Å². The van der Waals surface area contributed by atoms with E-state index in [4.69, 9.17) is 4.74 Å².